The molecule has 0 bridgehead atoms. The fraction of sp³-hybridized carbons (Fsp3) is 0.867. The fourth-order valence-electron chi connectivity index (χ4n) is 2.53. The molecule has 0 aliphatic carbocycles. The molecule has 124 valence electrons. The van der Waals surface area contributed by atoms with Crippen LogP contribution in [0.1, 0.15) is 40.0 Å². The maximum Gasteiger partial charge on any atom is 0.310 e. The van der Waals surface area contributed by atoms with Gasteiger partial charge in [-0.05, 0) is 44.7 Å². The Morgan fingerprint density at radius 3 is 2.67 bits per heavy atom. The van der Waals surface area contributed by atoms with Crippen molar-refractivity contribution in [2.24, 2.45) is 17.8 Å². The van der Waals surface area contributed by atoms with E-state index < -0.39 is 0 Å². The van der Waals surface area contributed by atoms with Gasteiger partial charge in [0.2, 0.25) is 5.91 Å². The lowest BCUT2D eigenvalue weighted by Crippen LogP contribution is -2.37. The predicted octanol–water partition coefficient (Wildman–Crippen LogP) is 1.75. The molecule has 1 heterocycles. The molecule has 5 nitrogen and oxygen atoms in total. The molecule has 0 aromatic carbocycles. The van der Waals surface area contributed by atoms with Gasteiger partial charge in [-0.2, -0.15) is 0 Å². The molecule has 6 heteroatoms. The van der Waals surface area contributed by atoms with Crippen LogP contribution in [0.2, 0.25) is 0 Å². The van der Waals surface area contributed by atoms with Crippen LogP contribution in [-0.2, 0) is 14.3 Å². The Balaban J connectivity index is 0.00000400. The molecule has 1 aliphatic heterocycles. The number of nitrogens with one attached hydrogen (secondary N) is 2. The van der Waals surface area contributed by atoms with Crippen LogP contribution < -0.4 is 10.6 Å². The summed E-state index contributed by atoms with van der Waals surface area (Å²) in [6, 6.07) is 0. The zero-order valence-corrected chi connectivity index (χ0v) is 14.1. The second kappa shape index (κ2) is 10.9. The van der Waals surface area contributed by atoms with Crippen molar-refractivity contribution in [3.05, 3.63) is 0 Å². The van der Waals surface area contributed by atoms with Gasteiger partial charge >= 0.3 is 5.97 Å². The molecule has 0 spiro atoms. The number of amides is 1. The summed E-state index contributed by atoms with van der Waals surface area (Å²) in [5.74, 6) is 0.444. The molecule has 1 fully saturated rings. The lowest BCUT2D eigenvalue weighted by Gasteiger charge is -2.28. The van der Waals surface area contributed by atoms with E-state index in [1.807, 2.05) is 0 Å². The Labute approximate surface area is 134 Å². The monoisotopic (exact) mass is 320 g/mol. The van der Waals surface area contributed by atoms with Crippen LogP contribution in [0.5, 0.6) is 0 Å². The van der Waals surface area contributed by atoms with Crippen molar-refractivity contribution in [1.82, 2.24) is 10.6 Å². The second-order valence-corrected chi connectivity index (χ2v) is 5.75. The van der Waals surface area contributed by atoms with E-state index >= 15 is 0 Å². The van der Waals surface area contributed by atoms with E-state index in [1.165, 1.54) is 12.8 Å². The van der Waals surface area contributed by atoms with E-state index in [9.17, 15) is 9.59 Å². The molecule has 2 N–H and O–H groups in total. The zero-order valence-electron chi connectivity index (χ0n) is 13.3. The molecule has 1 amide bonds. The van der Waals surface area contributed by atoms with Crippen molar-refractivity contribution in [2.75, 3.05) is 26.2 Å². The number of hydrogen-bond donors (Lipinski definition) is 2. The van der Waals surface area contributed by atoms with Crippen LogP contribution in [0.15, 0.2) is 0 Å². The molecule has 3 unspecified atom stereocenters. The van der Waals surface area contributed by atoms with Gasteiger partial charge in [0.15, 0.2) is 0 Å². The number of hydrogen-bond acceptors (Lipinski definition) is 4. The van der Waals surface area contributed by atoms with Crippen molar-refractivity contribution in [1.29, 1.82) is 0 Å². The highest BCUT2D eigenvalue weighted by molar-refractivity contribution is 5.85. The summed E-state index contributed by atoms with van der Waals surface area (Å²) in [5.41, 5.74) is 0. The number of esters is 1. The zero-order chi connectivity index (χ0) is 15.0. The molecule has 0 aromatic rings. The molecular formula is C15H29ClN2O3. The van der Waals surface area contributed by atoms with E-state index in [1.54, 1.807) is 13.8 Å². The Kier molecular flexibility index (Phi) is 10.4. The summed E-state index contributed by atoms with van der Waals surface area (Å²) in [6.45, 7) is 8.51. The molecule has 0 saturated carbocycles. The molecule has 21 heavy (non-hydrogen) atoms. The first-order valence-electron chi connectivity index (χ1n) is 7.68. The summed E-state index contributed by atoms with van der Waals surface area (Å²) < 4.78 is 4.91. The Bertz CT molecular complexity index is 320. The Morgan fingerprint density at radius 2 is 2.10 bits per heavy atom. The molecule has 0 aromatic heterocycles. The topological polar surface area (TPSA) is 67.4 Å². The van der Waals surface area contributed by atoms with E-state index in [0.29, 0.717) is 31.4 Å². The van der Waals surface area contributed by atoms with Gasteiger partial charge < -0.3 is 15.4 Å². The summed E-state index contributed by atoms with van der Waals surface area (Å²) in [5, 5.41) is 6.21. The van der Waals surface area contributed by atoms with Gasteiger partial charge in [-0.1, -0.05) is 13.8 Å². The third-order valence-corrected chi connectivity index (χ3v) is 3.94. The number of rotatable bonds is 7. The first-order chi connectivity index (χ1) is 9.54. The second-order valence-electron chi connectivity index (χ2n) is 5.75. The number of piperidine rings is 1. The van der Waals surface area contributed by atoms with Crippen LogP contribution in [0, 0.1) is 17.8 Å². The van der Waals surface area contributed by atoms with E-state index in [-0.39, 0.29) is 30.2 Å². The van der Waals surface area contributed by atoms with Crippen LogP contribution in [0.25, 0.3) is 0 Å². The summed E-state index contributed by atoms with van der Waals surface area (Å²) in [4.78, 5) is 23.3. The maximum absolute atomic E-state index is 11.9. The van der Waals surface area contributed by atoms with Gasteiger partial charge in [0.1, 0.15) is 0 Å². The van der Waals surface area contributed by atoms with Crippen molar-refractivity contribution in [2.45, 2.75) is 40.0 Å². The molecule has 1 rings (SSSR count). The van der Waals surface area contributed by atoms with Crippen LogP contribution in [-0.4, -0.2) is 38.1 Å². The quantitative estimate of drug-likeness (QED) is 0.701. The third kappa shape index (κ3) is 7.67. The van der Waals surface area contributed by atoms with E-state index in [0.717, 1.165) is 13.1 Å². The normalized spacial score (nSPS) is 20.8. The van der Waals surface area contributed by atoms with Crippen LogP contribution >= 0.6 is 12.4 Å². The lowest BCUT2D eigenvalue weighted by atomic mass is 9.85. The average molecular weight is 321 g/mol. The minimum atomic E-state index is -0.287. The minimum Gasteiger partial charge on any atom is -0.466 e. The third-order valence-electron chi connectivity index (χ3n) is 3.94. The average Bonchev–Trinajstić information content (AvgIpc) is 2.45. The Morgan fingerprint density at radius 1 is 1.38 bits per heavy atom. The minimum absolute atomic E-state index is 0. The van der Waals surface area contributed by atoms with Crippen molar-refractivity contribution >= 4 is 24.3 Å². The van der Waals surface area contributed by atoms with Gasteiger partial charge in [0.25, 0.3) is 0 Å². The largest absolute Gasteiger partial charge is 0.466 e. The highest BCUT2D eigenvalue weighted by Crippen LogP contribution is 2.22. The summed E-state index contributed by atoms with van der Waals surface area (Å²) in [6.07, 6.45) is 2.92. The van der Waals surface area contributed by atoms with E-state index in [4.69, 9.17) is 4.74 Å². The SMILES string of the molecule is CCOC(=O)C(C)CNC(=O)CC(C)C1CCCNC1.Cl. The van der Waals surface area contributed by atoms with Crippen LogP contribution in [0.4, 0.5) is 0 Å². The van der Waals surface area contributed by atoms with Crippen molar-refractivity contribution in [3.63, 3.8) is 0 Å². The van der Waals surface area contributed by atoms with Gasteiger partial charge in [-0.15, -0.1) is 12.4 Å². The maximum atomic E-state index is 11.9. The predicted molar refractivity (Wildman–Crippen MR) is 85.4 cm³/mol. The Hall–Kier alpha value is -0.810. The smallest absolute Gasteiger partial charge is 0.310 e. The highest BCUT2D eigenvalue weighted by atomic mass is 35.5. The van der Waals surface area contributed by atoms with E-state index in [2.05, 4.69) is 17.6 Å². The number of carbonyl (C=O) groups is 2. The molecule has 0 radical (unpaired) electrons. The number of halogens is 1. The van der Waals surface area contributed by atoms with Gasteiger partial charge in [0.05, 0.1) is 12.5 Å². The van der Waals surface area contributed by atoms with Gasteiger partial charge in [0, 0.05) is 13.0 Å². The standard InChI is InChI=1S/C15H28N2O3.ClH/c1-4-20-15(19)12(3)9-17-14(18)8-11(2)13-6-5-7-16-10-13;/h11-13,16H,4-10H2,1-3H3,(H,17,18);1H. The molecule has 3 atom stereocenters. The van der Waals surface area contributed by atoms with Crippen LogP contribution in [0.3, 0.4) is 0 Å². The van der Waals surface area contributed by atoms with Gasteiger partial charge in [-0.3, -0.25) is 9.59 Å². The molecule has 1 saturated heterocycles. The first kappa shape index (κ1) is 20.2. The highest BCUT2D eigenvalue weighted by Gasteiger charge is 2.22. The van der Waals surface area contributed by atoms with Crippen molar-refractivity contribution in [3.8, 4) is 0 Å². The molecule has 1 aliphatic rings. The molecular weight excluding hydrogens is 292 g/mol. The first-order valence-corrected chi connectivity index (χ1v) is 7.68. The lowest BCUT2D eigenvalue weighted by molar-refractivity contribution is -0.147. The summed E-state index contributed by atoms with van der Waals surface area (Å²) >= 11 is 0. The van der Waals surface area contributed by atoms with Crippen molar-refractivity contribution < 1.29 is 14.3 Å². The fourth-order valence-corrected chi connectivity index (χ4v) is 2.53. The summed E-state index contributed by atoms with van der Waals surface area (Å²) in [7, 11) is 0. The van der Waals surface area contributed by atoms with Gasteiger partial charge in [-0.25, -0.2) is 0 Å². The number of ether oxygens (including phenoxy) is 1. The number of carbonyl (C=O) groups excluding carboxylic acids is 2.